The lowest BCUT2D eigenvalue weighted by Gasteiger charge is -2.13. The highest BCUT2D eigenvalue weighted by Gasteiger charge is 2.17. The van der Waals surface area contributed by atoms with Crippen LogP contribution in [-0.4, -0.2) is 35.2 Å². The van der Waals surface area contributed by atoms with Crippen LogP contribution in [0.5, 0.6) is 11.5 Å². The van der Waals surface area contributed by atoms with E-state index in [0.29, 0.717) is 40.2 Å². The minimum absolute atomic E-state index is 0.203. The van der Waals surface area contributed by atoms with Gasteiger partial charge in [0.2, 0.25) is 0 Å². The topological polar surface area (TPSA) is 80.6 Å². The number of halogens is 1. The van der Waals surface area contributed by atoms with Crippen LogP contribution >= 0.6 is 11.6 Å². The number of carbonyl (C=O) groups excluding carboxylic acids is 1. The second-order valence-corrected chi connectivity index (χ2v) is 6.01. The number of aromatic nitrogens is 2. The molecule has 8 heteroatoms. The molecule has 0 saturated carbocycles. The normalized spacial score (nSPS) is 10.6. The maximum atomic E-state index is 12.4. The van der Waals surface area contributed by atoms with Crippen molar-refractivity contribution >= 4 is 17.5 Å². The van der Waals surface area contributed by atoms with E-state index < -0.39 is 0 Å². The second kappa shape index (κ2) is 7.97. The van der Waals surface area contributed by atoms with Gasteiger partial charge in [0.15, 0.2) is 5.69 Å². The molecule has 1 aromatic carbocycles. The van der Waals surface area contributed by atoms with Crippen molar-refractivity contribution in [3.63, 3.8) is 0 Å². The van der Waals surface area contributed by atoms with Crippen molar-refractivity contribution in [1.82, 2.24) is 15.1 Å². The minimum atomic E-state index is -0.216. The third-order valence-electron chi connectivity index (χ3n) is 3.69. The van der Waals surface area contributed by atoms with E-state index in [4.69, 9.17) is 25.5 Å². The molecule has 0 aliphatic carbocycles. The Hall–Kier alpha value is -2.93. The number of amides is 1. The predicted octanol–water partition coefficient (Wildman–Crippen LogP) is 3.52. The first-order chi connectivity index (χ1) is 12.6. The summed E-state index contributed by atoms with van der Waals surface area (Å²) in [5.74, 6) is 1.65. The average Bonchev–Trinajstić information content (AvgIpc) is 3.31. The summed E-state index contributed by atoms with van der Waals surface area (Å²) in [6.45, 7) is 0.570. The van der Waals surface area contributed by atoms with Crippen LogP contribution in [-0.2, 0) is 13.2 Å². The SMILES string of the molecule is COc1ccc(OCc2cc(C(=O)N(C)Cc3ccco3)n[nH]2)c(Cl)c1. The summed E-state index contributed by atoms with van der Waals surface area (Å²) in [6, 6.07) is 10.4. The van der Waals surface area contributed by atoms with Crippen LogP contribution in [0.25, 0.3) is 0 Å². The molecule has 0 radical (unpaired) electrons. The van der Waals surface area contributed by atoms with Crippen molar-refractivity contribution in [2.45, 2.75) is 13.2 Å². The Morgan fingerprint density at radius 2 is 2.19 bits per heavy atom. The van der Waals surface area contributed by atoms with Gasteiger partial charge in [-0.05, 0) is 30.3 Å². The Balaban J connectivity index is 1.60. The molecule has 0 aliphatic heterocycles. The fourth-order valence-electron chi connectivity index (χ4n) is 2.33. The van der Waals surface area contributed by atoms with Gasteiger partial charge in [-0.15, -0.1) is 0 Å². The number of furan rings is 1. The number of nitrogens with zero attached hydrogens (tertiary/aromatic N) is 2. The summed E-state index contributed by atoms with van der Waals surface area (Å²) in [7, 11) is 3.26. The number of benzene rings is 1. The highest BCUT2D eigenvalue weighted by atomic mass is 35.5. The van der Waals surface area contributed by atoms with Crippen LogP contribution in [0, 0.1) is 0 Å². The third kappa shape index (κ3) is 4.18. The van der Waals surface area contributed by atoms with Crippen LogP contribution in [0.2, 0.25) is 5.02 Å². The van der Waals surface area contributed by atoms with E-state index in [0.717, 1.165) is 0 Å². The molecule has 2 heterocycles. The molecule has 2 aromatic heterocycles. The molecule has 26 heavy (non-hydrogen) atoms. The van der Waals surface area contributed by atoms with Gasteiger partial charge in [-0.25, -0.2) is 0 Å². The van der Waals surface area contributed by atoms with Gasteiger partial charge in [-0.1, -0.05) is 11.6 Å². The molecular weight excluding hydrogens is 358 g/mol. The molecule has 1 N–H and O–H groups in total. The lowest BCUT2D eigenvalue weighted by molar-refractivity contribution is 0.0769. The van der Waals surface area contributed by atoms with E-state index in [-0.39, 0.29) is 12.5 Å². The van der Waals surface area contributed by atoms with E-state index in [1.54, 1.807) is 50.8 Å². The lowest BCUT2D eigenvalue weighted by Crippen LogP contribution is -2.26. The number of hydrogen-bond donors (Lipinski definition) is 1. The van der Waals surface area contributed by atoms with E-state index in [1.165, 1.54) is 4.90 Å². The largest absolute Gasteiger partial charge is 0.497 e. The van der Waals surface area contributed by atoms with Crippen LogP contribution < -0.4 is 9.47 Å². The minimum Gasteiger partial charge on any atom is -0.497 e. The number of nitrogens with one attached hydrogen (secondary N) is 1. The Morgan fingerprint density at radius 3 is 2.88 bits per heavy atom. The van der Waals surface area contributed by atoms with E-state index in [9.17, 15) is 4.79 Å². The molecule has 136 valence electrons. The molecule has 0 unspecified atom stereocenters. The van der Waals surface area contributed by atoms with Crippen LogP contribution in [0.15, 0.2) is 47.1 Å². The smallest absolute Gasteiger partial charge is 0.274 e. The van der Waals surface area contributed by atoms with Gasteiger partial charge in [0.1, 0.15) is 23.9 Å². The first kappa shape index (κ1) is 17.9. The third-order valence-corrected chi connectivity index (χ3v) is 3.99. The van der Waals surface area contributed by atoms with E-state index in [1.807, 2.05) is 6.07 Å². The van der Waals surface area contributed by atoms with Crippen molar-refractivity contribution in [3.8, 4) is 11.5 Å². The van der Waals surface area contributed by atoms with Gasteiger partial charge in [0.05, 0.1) is 30.6 Å². The highest BCUT2D eigenvalue weighted by Crippen LogP contribution is 2.29. The average molecular weight is 376 g/mol. The summed E-state index contributed by atoms with van der Waals surface area (Å²) >= 11 is 6.14. The second-order valence-electron chi connectivity index (χ2n) is 5.60. The zero-order valence-corrected chi connectivity index (χ0v) is 15.1. The summed E-state index contributed by atoms with van der Waals surface area (Å²) in [5.41, 5.74) is 0.963. The van der Waals surface area contributed by atoms with Crippen molar-refractivity contribution in [2.24, 2.45) is 0 Å². The molecule has 0 spiro atoms. The number of aromatic amines is 1. The number of H-pyrrole nitrogens is 1. The van der Waals surface area contributed by atoms with E-state index in [2.05, 4.69) is 10.2 Å². The van der Waals surface area contributed by atoms with Crippen LogP contribution in [0.3, 0.4) is 0 Å². The fraction of sp³-hybridized carbons (Fsp3) is 0.222. The molecule has 0 fully saturated rings. The van der Waals surface area contributed by atoms with Crippen molar-refractivity contribution < 1.29 is 18.7 Å². The van der Waals surface area contributed by atoms with Gasteiger partial charge in [0.25, 0.3) is 5.91 Å². The number of ether oxygens (including phenoxy) is 2. The lowest BCUT2D eigenvalue weighted by atomic mass is 10.3. The molecule has 3 rings (SSSR count). The summed E-state index contributed by atoms with van der Waals surface area (Å²) in [4.78, 5) is 13.9. The van der Waals surface area contributed by atoms with Gasteiger partial charge in [0, 0.05) is 13.1 Å². The number of hydrogen-bond acceptors (Lipinski definition) is 5. The Labute approximate surface area is 155 Å². The maximum Gasteiger partial charge on any atom is 0.274 e. The number of methoxy groups -OCH3 is 1. The molecule has 0 atom stereocenters. The van der Waals surface area contributed by atoms with Gasteiger partial charge in [-0.3, -0.25) is 9.89 Å². The molecule has 0 bridgehead atoms. The van der Waals surface area contributed by atoms with Gasteiger partial charge < -0.3 is 18.8 Å². The standard InChI is InChI=1S/C18H18ClN3O4/c1-22(10-14-4-3-7-25-14)18(23)16-8-12(20-21-16)11-26-17-6-5-13(24-2)9-15(17)19/h3-9H,10-11H2,1-2H3,(H,20,21). The quantitative estimate of drug-likeness (QED) is 0.683. The Bertz CT molecular complexity index is 876. The van der Waals surface area contributed by atoms with Gasteiger partial charge >= 0.3 is 0 Å². The van der Waals surface area contributed by atoms with Crippen LogP contribution in [0.1, 0.15) is 21.9 Å². The highest BCUT2D eigenvalue weighted by molar-refractivity contribution is 6.32. The van der Waals surface area contributed by atoms with Gasteiger partial charge in [-0.2, -0.15) is 5.10 Å². The maximum absolute atomic E-state index is 12.4. The monoisotopic (exact) mass is 375 g/mol. The molecule has 0 aliphatic rings. The Morgan fingerprint density at radius 1 is 1.35 bits per heavy atom. The van der Waals surface area contributed by atoms with Crippen molar-refractivity contribution in [1.29, 1.82) is 0 Å². The first-order valence-electron chi connectivity index (χ1n) is 7.85. The predicted molar refractivity (Wildman–Crippen MR) is 95.4 cm³/mol. The molecule has 0 saturated heterocycles. The summed E-state index contributed by atoms with van der Waals surface area (Å²) in [5, 5.41) is 7.29. The fourth-order valence-corrected chi connectivity index (χ4v) is 2.55. The number of carbonyl (C=O) groups is 1. The Kier molecular flexibility index (Phi) is 5.48. The van der Waals surface area contributed by atoms with E-state index >= 15 is 0 Å². The summed E-state index contributed by atoms with van der Waals surface area (Å²) < 4.78 is 16.0. The van der Waals surface area contributed by atoms with Crippen LogP contribution in [0.4, 0.5) is 0 Å². The summed E-state index contributed by atoms with van der Waals surface area (Å²) in [6.07, 6.45) is 1.57. The molecule has 3 aromatic rings. The van der Waals surface area contributed by atoms with Crippen molar-refractivity contribution in [2.75, 3.05) is 14.2 Å². The molecule has 7 nitrogen and oxygen atoms in total. The molecule has 1 amide bonds. The molecular formula is C18H18ClN3O4. The zero-order valence-electron chi connectivity index (χ0n) is 14.4. The van der Waals surface area contributed by atoms with Crippen molar-refractivity contribution in [3.05, 3.63) is 64.8 Å². The first-order valence-corrected chi connectivity index (χ1v) is 8.23. The number of rotatable bonds is 7. The zero-order chi connectivity index (χ0) is 18.5.